The summed E-state index contributed by atoms with van der Waals surface area (Å²) in [6.07, 6.45) is 0. The van der Waals surface area contributed by atoms with Gasteiger partial charge in [0.2, 0.25) is 6.04 Å². The summed E-state index contributed by atoms with van der Waals surface area (Å²) in [5.41, 5.74) is 0.564. The predicted molar refractivity (Wildman–Crippen MR) is 135 cm³/mol. The first-order valence-corrected chi connectivity index (χ1v) is 11.9. The average molecular weight is 526 g/mol. The summed E-state index contributed by atoms with van der Waals surface area (Å²) in [4.78, 5) is 25.3. The Kier molecular flexibility index (Phi) is 11.1. The molecule has 9 nitrogen and oxygen atoms in total. The summed E-state index contributed by atoms with van der Waals surface area (Å²) in [6.45, 7) is 10.1. The van der Waals surface area contributed by atoms with Crippen molar-refractivity contribution in [2.24, 2.45) is 10.2 Å². The number of carbonyl (C=O) groups excluding carboxylic acids is 2. The fourth-order valence-corrected chi connectivity index (χ4v) is 3.44. The van der Waals surface area contributed by atoms with Crippen LogP contribution in [0.1, 0.15) is 34.6 Å². The van der Waals surface area contributed by atoms with Gasteiger partial charge in [-0.2, -0.15) is 10.2 Å². The highest BCUT2D eigenvalue weighted by Crippen LogP contribution is 2.39. The molecule has 0 saturated carbocycles. The molecule has 35 heavy (non-hydrogen) atoms. The molecule has 2 aromatic carbocycles. The molecule has 0 saturated heterocycles. The van der Waals surface area contributed by atoms with Gasteiger partial charge in [0.05, 0.1) is 42.8 Å². The molecule has 0 aliphatic heterocycles. The van der Waals surface area contributed by atoms with Gasteiger partial charge in [-0.25, -0.2) is 4.42 Å². The summed E-state index contributed by atoms with van der Waals surface area (Å²) in [5.74, 6) is 0.355. The van der Waals surface area contributed by atoms with Gasteiger partial charge in [0.15, 0.2) is 28.8 Å². The number of anilines is 1. The van der Waals surface area contributed by atoms with Gasteiger partial charge in [-0.3, -0.25) is 9.59 Å². The molecule has 0 aromatic heterocycles. The molecule has 0 bridgehead atoms. The lowest BCUT2D eigenvalue weighted by Gasteiger charge is -2.19. The summed E-state index contributed by atoms with van der Waals surface area (Å²) in [6, 6.07) is 6.34. The highest BCUT2D eigenvalue weighted by molar-refractivity contribution is 6.39. The van der Waals surface area contributed by atoms with Crippen LogP contribution < -0.4 is 23.4 Å². The van der Waals surface area contributed by atoms with Crippen LogP contribution in [0, 0.1) is 0 Å². The van der Waals surface area contributed by atoms with E-state index in [1.165, 1.54) is 13.0 Å². The number of azo groups is 1. The number of Topliss-reactive ketones (excluding diaryl/α,β-unsaturated/α-hetero) is 1. The van der Waals surface area contributed by atoms with Gasteiger partial charge >= 0.3 is 0 Å². The zero-order valence-corrected chi connectivity index (χ0v) is 21.9. The van der Waals surface area contributed by atoms with E-state index in [1.807, 2.05) is 27.7 Å². The molecule has 0 fully saturated rings. The van der Waals surface area contributed by atoms with Crippen LogP contribution in [0.2, 0.25) is 5.02 Å². The Labute approximate surface area is 215 Å². The number of ketones is 1. The smallest absolute Gasteiger partial charge is 0.276 e. The van der Waals surface area contributed by atoms with Crippen LogP contribution in [0.15, 0.2) is 40.6 Å². The fraction of sp³-hybridized carbons (Fsp3) is 0.417. The maximum atomic E-state index is 13.0. The van der Waals surface area contributed by atoms with Crippen LogP contribution >= 0.6 is 23.4 Å². The molecule has 1 amide bonds. The van der Waals surface area contributed by atoms with E-state index in [0.717, 1.165) is 4.42 Å². The Bertz CT molecular complexity index is 1060. The monoisotopic (exact) mass is 525 g/mol. The average Bonchev–Trinajstić information content (AvgIpc) is 2.82. The van der Waals surface area contributed by atoms with E-state index in [-0.39, 0.29) is 16.4 Å². The molecule has 190 valence electrons. The van der Waals surface area contributed by atoms with Gasteiger partial charge < -0.3 is 18.9 Å². The Hall–Kier alpha value is -3.04. The molecular formula is C24H29Cl2N3O6. The molecule has 0 heterocycles. The standard InChI is InChI=1S/C24H29Cl2N3O6/c1-6-32-19-11-10-17(14-20(19)33-7-2)29(26)24(31)22(15(5)30)28-27-16-12-18(25)23(35-9-4)21(13-16)34-8-3/h10-14,22H,6-9H2,1-5H3. The maximum absolute atomic E-state index is 13.0. The number of carbonyl (C=O) groups is 2. The van der Waals surface area contributed by atoms with Crippen molar-refractivity contribution < 1.29 is 28.5 Å². The zero-order valence-electron chi connectivity index (χ0n) is 20.3. The predicted octanol–water partition coefficient (Wildman–Crippen LogP) is 6.16. The second-order valence-electron chi connectivity index (χ2n) is 6.97. The first-order valence-electron chi connectivity index (χ1n) is 11.2. The number of hydrogen-bond donors (Lipinski definition) is 0. The van der Waals surface area contributed by atoms with Gasteiger partial charge in [-0.1, -0.05) is 11.6 Å². The van der Waals surface area contributed by atoms with Crippen molar-refractivity contribution in [1.29, 1.82) is 0 Å². The number of amides is 1. The number of halogens is 2. The van der Waals surface area contributed by atoms with Crippen LogP contribution in [0.25, 0.3) is 0 Å². The van der Waals surface area contributed by atoms with Gasteiger partial charge in [0, 0.05) is 23.9 Å². The molecule has 2 aromatic rings. The molecule has 2 rings (SSSR count). The number of nitrogens with zero attached hydrogens (tertiary/aromatic N) is 3. The largest absolute Gasteiger partial charge is 0.490 e. The molecule has 0 radical (unpaired) electrons. The van der Waals surface area contributed by atoms with E-state index in [0.29, 0.717) is 49.4 Å². The number of benzene rings is 2. The number of rotatable bonds is 13. The molecule has 1 unspecified atom stereocenters. The van der Waals surface area contributed by atoms with Crippen molar-refractivity contribution in [3.8, 4) is 23.0 Å². The summed E-state index contributed by atoms with van der Waals surface area (Å²) in [7, 11) is 0. The van der Waals surface area contributed by atoms with E-state index in [4.69, 9.17) is 42.3 Å². The van der Waals surface area contributed by atoms with E-state index in [9.17, 15) is 9.59 Å². The summed E-state index contributed by atoms with van der Waals surface area (Å²) >= 11 is 12.6. The SMILES string of the molecule is CCOc1ccc(N(Cl)C(=O)C(N=Nc2cc(Cl)c(OCC)c(OCC)c2)C(C)=O)cc1OCC. The minimum absolute atomic E-state index is 0.259. The van der Waals surface area contributed by atoms with E-state index in [2.05, 4.69) is 10.2 Å². The molecule has 0 aliphatic carbocycles. The normalized spacial score (nSPS) is 11.7. The minimum Gasteiger partial charge on any atom is -0.490 e. The van der Waals surface area contributed by atoms with Crippen LogP contribution in [0.5, 0.6) is 23.0 Å². The van der Waals surface area contributed by atoms with E-state index >= 15 is 0 Å². The quantitative estimate of drug-likeness (QED) is 0.176. The van der Waals surface area contributed by atoms with Crippen molar-refractivity contribution in [3.63, 3.8) is 0 Å². The molecule has 0 N–H and O–H groups in total. The highest BCUT2D eigenvalue weighted by atomic mass is 35.5. The first kappa shape index (κ1) is 28.2. The Morgan fingerprint density at radius 1 is 0.886 bits per heavy atom. The summed E-state index contributed by atoms with van der Waals surface area (Å²) in [5, 5.41) is 8.26. The van der Waals surface area contributed by atoms with Crippen molar-refractivity contribution in [1.82, 2.24) is 0 Å². The van der Waals surface area contributed by atoms with Crippen molar-refractivity contribution in [2.45, 2.75) is 40.7 Å². The zero-order chi connectivity index (χ0) is 26.0. The van der Waals surface area contributed by atoms with Gasteiger partial charge in [-0.05, 0) is 52.8 Å². The third kappa shape index (κ3) is 7.47. The second kappa shape index (κ2) is 13.7. The molecule has 0 spiro atoms. The highest BCUT2D eigenvalue weighted by Gasteiger charge is 2.29. The Balaban J connectivity index is 2.33. The first-order chi connectivity index (χ1) is 16.8. The minimum atomic E-state index is -1.48. The summed E-state index contributed by atoms with van der Waals surface area (Å²) < 4.78 is 23.0. The number of ether oxygens (including phenoxy) is 4. The van der Waals surface area contributed by atoms with Crippen LogP contribution in [-0.4, -0.2) is 44.2 Å². The van der Waals surface area contributed by atoms with Crippen LogP contribution in [0.4, 0.5) is 11.4 Å². The van der Waals surface area contributed by atoms with Gasteiger partial charge in [0.1, 0.15) is 0 Å². The van der Waals surface area contributed by atoms with E-state index in [1.54, 1.807) is 24.3 Å². The third-order valence-electron chi connectivity index (χ3n) is 4.44. The van der Waals surface area contributed by atoms with Gasteiger partial charge in [-0.15, -0.1) is 0 Å². The van der Waals surface area contributed by atoms with Crippen molar-refractivity contribution in [3.05, 3.63) is 35.4 Å². The maximum Gasteiger partial charge on any atom is 0.276 e. The fourth-order valence-electron chi connectivity index (χ4n) is 2.98. The Morgan fingerprint density at radius 2 is 1.49 bits per heavy atom. The second-order valence-corrected chi connectivity index (χ2v) is 7.71. The lowest BCUT2D eigenvalue weighted by molar-refractivity contribution is -0.126. The molecular weight excluding hydrogens is 497 g/mol. The lowest BCUT2D eigenvalue weighted by atomic mass is 10.2. The topological polar surface area (TPSA) is 99.0 Å². The van der Waals surface area contributed by atoms with Crippen molar-refractivity contribution >= 4 is 46.4 Å². The molecule has 1 atom stereocenters. The van der Waals surface area contributed by atoms with Crippen LogP contribution in [0.3, 0.4) is 0 Å². The van der Waals surface area contributed by atoms with Gasteiger partial charge in [0.25, 0.3) is 5.91 Å². The van der Waals surface area contributed by atoms with Crippen molar-refractivity contribution in [2.75, 3.05) is 30.8 Å². The number of hydrogen-bond acceptors (Lipinski definition) is 8. The molecule has 11 heteroatoms. The van der Waals surface area contributed by atoms with Crippen LogP contribution in [-0.2, 0) is 9.59 Å². The lowest BCUT2D eigenvalue weighted by Crippen LogP contribution is -2.36. The Morgan fingerprint density at radius 3 is 2.09 bits per heavy atom. The third-order valence-corrected chi connectivity index (χ3v) is 5.08. The van der Waals surface area contributed by atoms with E-state index < -0.39 is 17.7 Å². The molecule has 0 aliphatic rings.